The van der Waals surface area contributed by atoms with Crippen molar-refractivity contribution < 1.29 is 18.7 Å². The number of anilines is 1. The zero-order valence-electron chi connectivity index (χ0n) is 17.0. The van der Waals surface area contributed by atoms with E-state index in [1.165, 1.54) is 12.1 Å². The number of nitrogens with one attached hydrogen (secondary N) is 1. The molecule has 1 atom stereocenters. The monoisotopic (exact) mass is 410 g/mol. The molecule has 0 saturated carbocycles. The number of likely N-dealkylation sites (tertiary alicyclic amines) is 1. The van der Waals surface area contributed by atoms with E-state index in [2.05, 4.69) is 5.32 Å². The molecule has 6 heteroatoms. The summed E-state index contributed by atoms with van der Waals surface area (Å²) in [4.78, 5) is 27.9. The van der Waals surface area contributed by atoms with E-state index in [4.69, 9.17) is 4.74 Å². The Morgan fingerprint density at radius 3 is 2.60 bits per heavy atom. The van der Waals surface area contributed by atoms with Crippen LogP contribution in [0.15, 0.2) is 54.6 Å². The van der Waals surface area contributed by atoms with Crippen LogP contribution in [0, 0.1) is 17.2 Å². The van der Waals surface area contributed by atoms with E-state index in [9.17, 15) is 14.0 Å². The molecule has 0 radical (unpaired) electrons. The maximum Gasteiger partial charge on any atom is 0.229 e. The van der Waals surface area contributed by atoms with E-state index in [1.807, 2.05) is 35.2 Å². The molecular formula is C24H27FN2O3. The van der Waals surface area contributed by atoms with E-state index in [0.717, 1.165) is 18.4 Å². The molecule has 2 aromatic carbocycles. The summed E-state index contributed by atoms with van der Waals surface area (Å²) in [5.74, 6) is -0.797. The van der Waals surface area contributed by atoms with Crippen LogP contribution in [0.25, 0.3) is 0 Å². The fourth-order valence-electron chi connectivity index (χ4n) is 4.65. The summed E-state index contributed by atoms with van der Waals surface area (Å²) < 4.78 is 19.0. The lowest BCUT2D eigenvalue weighted by Crippen LogP contribution is -2.42. The summed E-state index contributed by atoms with van der Waals surface area (Å²) in [5, 5.41) is 2.86. The Labute approximate surface area is 176 Å². The standard InChI is InChI=1S/C24H27FN2O3/c25-19-7-4-8-20(15-19)26-23(29)21-16-27(17-24(21)11-13-30-14-12-24)22(28)10-9-18-5-2-1-3-6-18/h1-8,15,21H,9-14,16-17H2,(H,26,29)/t21-/m0/s1. The van der Waals surface area contributed by atoms with Crippen molar-refractivity contribution in [2.24, 2.45) is 11.3 Å². The number of amides is 2. The lowest BCUT2D eigenvalue weighted by molar-refractivity contribution is -0.130. The summed E-state index contributed by atoms with van der Waals surface area (Å²) in [5.41, 5.74) is 1.29. The number of carbonyl (C=O) groups excluding carboxylic acids is 2. The molecule has 2 fully saturated rings. The molecule has 4 rings (SSSR count). The van der Waals surface area contributed by atoms with Gasteiger partial charge in [-0.3, -0.25) is 9.59 Å². The van der Waals surface area contributed by atoms with Gasteiger partial charge in [0, 0.05) is 43.8 Å². The molecule has 1 spiro atoms. The summed E-state index contributed by atoms with van der Waals surface area (Å²) in [6.45, 7) is 2.16. The second kappa shape index (κ2) is 8.96. The van der Waals surface area contributed by atoms with Crippen LogP contribution < -0.4 is 5.32 Å². The molecule has 2 aromatic rings. The highest BCUT2D eigenvalue weighted by Crippen LogP contribution is 2.45. The van der Waals surface area contributed by atoms with Crippen molar-refractivity contribution in [2.75, 3.05) is 31.6 Å². The molecular weight excluding hydrogens is 383 g/mol. The third-order valence-corrected chi connectivity index (χ3v) is 6.37. The second-order valence-corrected chi connectivity index (χ2v) is 8.29. The van der Waals surface area contributed by atoms with Gasteiger partial charge in [0.25, 0.3) is 0 Å². The van der Waals surface area contributed by atoms with Crippen LogP contribution in [0.2, 0.25) is 0 Å². The number of aryl methyl sites for hydroxylation is 1. The number of rotatable bonds is 5. The predicted molar refractivity (Wildman–Crippen MR) is 112 cm³/mol. The van der Waals surface area contributed by atoms with Gasteiger partial charge in [0.05, 0.1) is 5.92 Å². The Morgan fingerprint density at radius 1 is 1.10 bits per heavy atom. The first-order valence-electron chi connectivity index (χ1n) is 10.5. The average molecular weight is 410 g/mol. The molecule has 2 heterocycles. The molecule has 2 amide bonds. The molecule has 2 aliphatic heterocycles. The van der Waals surface area contributed by atoms with Gasteiger partial charge in [-0.15, -0.1) is 0 Å². The van der Waals surface area contributed by atoms with E-state index < -0.39 is 5.82 Å². The number of hydrogen-bond donors (Lipinski definition) is 1. The van der Waals surface area contributed by atoms with Crippen molar-refractivity contribution in [1.82, 2.24) is 4.90 Å². The fourth-order valence-corrected chi connectivity index (χ4v) is 4.65. The Kier molecular flexibility index (Phi) is 6.13. The van der Waals surface area contributed by atoms with E-state index in [1.54, 1.807) is 12.1 Å². The van der Waals surface area contributed by atoms with Crippen LogP contribution in [-0.4, -0.2) is 43.0 Å². The van der Waals surface area contributed by atoms with Crippen LogP contribution >= 0.6 is 0 Å². The lowest BCUT2D eigenvalue weighted by atomic mass is 9.71. The summed E-state index contributed by atoms with van der Waals surface area (Å²) in [7, 11) is 0. The Hall–Kier alpha value is -2.73. The molecule has 0 unspecified atom stereocenters. The number of ether oxygens (including phenoxy) is 1. The number of halogens is 1. The Bertz CT molecular complexity index is 896. The third-order valence-electron chi connectivity index (χ3n) is 6.37. The molecule has 2 saturated heterocycles. The first kappa shape index (κ1) is 20.5. The third kappa shape index (κ3) is 4.54. The van der Waals surface area contributed by atoms with E-state index >= 15 is 0 Å². The normalized spacial score (nSPS) is 20.3. The molecule has 0 aromatic heterocycles. The number of carbonyl (C=O) groups is 2. The van der Waals surface area contributed by atoms with Crippen molar-refractivity contribution in [1.29, 1.82) is 0 Å². The van der Waals surface area contributed by atoms with Crippen molar-refractivity contribution in [3.8, 4) is 0 Å². The van der Waals surface area contributed by atoms with Gasteiger partial charge in [-0.1, -0.05) is 36.4 Å². The zero-order chi connectivity index (χ0) is 21.0. The summed E-state index contributed by atoms with van der Waals surface area (Å²) >= 11 is 0. The van der Waals surface area contributed by atoms with Crippen molar-refractivity contribution in [3.63, 3.8) is 0 Å². The topological polar surface area (TPSA) is 58.6 Å². The minimum Gasteiger partial charge on any atom is -0.381 e. The molecule has 0 bridgehead atoms. The number of nitrogens with zero attached hydrogens (tertiary/aromatic N) is 1. The number of benzene rings is 2. The van der Waals surface area contributed by atoms with Crippen LogP contribution in [0.3, 0.4) is 0 Å². The smallest absolute Gasteiger partial charge is 0.229 e. The highest BCUT2D eigenvalue weighted by Gasteiger charge is 2.51. The largest absolute Gasteiger partial charge is 0.381 e. The van der Waals surface area contributed by atoms with Crippen LogP contribution in [0.5, 0.6) is 0 Å². The minimum atomic E-state index is -0.391. The van der Waals surface area contributed by atoms with Gasteiger partial charge in [-0.25, -0.2) is 4.39 Å². The van der Waals surface area contributed by atoms with Gasteiger partial charge >= 0.3 is 0 Å². The fraction of sp³-hybridized carbons (Fsp3) is 0.417. The molecule has 30 heavy (non-hydrogen) atoms. The molecule has 2 aliphatic rings. The lowest BCUT2D eigenvalue weighted by Gasteiger charge is -2.37. The van der Waals surface area contributed by atoms with Crippen molar-refractivity contribution in [3.05, 3.63) is 66.0 Å². The van der Waals surface area contributed by atoms with Gasteiger partial charge in [0.15, 0.2) is 0 Å². The molecule has 158 valence electrons. The first-order chi connectivity index (χ1) is 14.6. The van der Waals surface area contributed by atoms with Gasteiger partial charge in [-0.2, -0.15) is 0 Å². The van der Waals surface area contributed by atoms with Gasteiger partial charge in [-0.05, 0) is 43.0 Å². The molecule has 1 N–H and O–H groups in total. The number of hydrogen-bond acceptors (Lipinski definition) is 3. The molecule has 5 nitrogen and oxygen atoms in total. The maximum absolute atomic E-state index is 13.5. The maximum atomic E-state index is 13.5. The van der Waals surface area contributed by atoms with Crippen molar-refractivity contribution >= 4 is 17.5 Å². The van der Waals surface area contributed by atoms with Gasteiger partial charge in [0.1, 0.15) is 5.82 Å². The van der Waals surface area contributed by atoms with Crippen LogP contribution in [0.4, 0.5) is 10.1 Å². The van der Waals surface area contributed by atoms with E-state index in [-0.39, 0.29) is 23.1 Å². The summed E-state index contributed by atoms with van der Waals surface area (Å²) in [6, 6.07) is 15.9. The highest BCUT2D eigenvalue weighted by atomic mass is 19.1. The summed E-state index contributed by atoms with van der Waals surface area (Å²) in [6.07, 6.45) is 2.61. The van der Waals surface area contributed by atoms with Gasteiger partial charge in [0.2, 0.25) is 11.8 Å². The zero-order valence-corrected chi connectivity index (χ0v) is 17.0. The molecule has 0 aliphatic carbocycles. The first-order valence-corrected chi connectivity index (χ1v) is 10.5. The Balaban J connectivity index is 1.46. The predicted octanol–water partition coefficient (Wildman–Crippen LogP) is 3.65. The van der Waals surface area contributed by atoms with E-state index in [0.29, 0.717) is 44.8 Å². The highest BCUT2D eigenvalue weighted by molar-refractivity contribution is 5.94. The minimum absolute atomic E-state index is 0.0748. The average Bonchev–Trinajstić information content (AvgIpc) is 3.12. The quantitative estimate of drug-likeness (QED) is 0.819. The Morgan fingerprint density at radius 2 is 1.87 bits per heavy atom. The SMILES string of the molecule is O=C(Nc1cccc(F)c1)[C@@H]1CN(C(=O)CCc2ccccc2)CC12CCOCC2. The van der Waals surface area contributed by atoms with Gasteiger partial charge < -0.3 is 15.0 Å². The van der Waals surface area contributed by atoms with Crippen LogP contribution in [0.1, 0.15) is 24.8 Å². The van der Waals surface area contributed by atoms with Crippen molar-refractivity contribution in [2.45, 2.75) is 25.7 Å². The second-order valence-electron chi connectivity index (χ2n) is 8.29. The van der Waals surface area contributed by atoms with Crippen LogP contribution in [-0.2, 0) is 20.7 Å².